The molecule has 0 spiro atoms. The third kappa shape index (κ3) is 4.38. The highest BCUT2D eigenvalue weighted by Crippen LogP contribution is 2.22. The van der Waals surface area contributed by atoms with Gasteiger partial charge < -0.3 is 20.4 Å². The molecular formula is C20H25N3O2. The molecule has 0 aliphatic heterocycles. The van der Waals surface area contributed by atoms with E-state index >= 15 is 0 Å². The van der Waals surface area contributed by atoms with E-state index < -0.39 is 0 Å². The van der Waals surface area contributed by atoms with Gasteiger partial charge in [-0.3, -0.25) is 4.79 Å². The minimum absolute atomic E-state index is 0.126. The summed E-state index contributed by atoms with van der Waals surface area (Å²) in [5.74, 6) is -0.150. The number of pyridine rings is 1. The lowest BCUT2D eigenvalue weighted by molar-refractivity contribution is 0.463. The lowest BCUT2D eigenvalue weighted by Gasteiger charge is -2.17. The van der Waals surface area contributed by atoms with E-state index in [0.717, 1.165) is 35.5 Å². The molecule has 0 saturated carbocycles. The minimum atomic E-state index is -0.375. The van der Waals surface area contributed by atoms with Crippen LogP contribution in [0.1, 0.15) is 44.4 Å². The van der Waals surface area contributed by atoms with Crippen molar-refractivity contribution < 1.29 is 5.11 Å². The molecule has 1 aromatic heterocycles. The van der Waals surface area contributed by atoms with E-state index in [0.29, 0.717) is 0 Å². The molecule has 0 saturated heterocycles. The Bertz CT molecular complexity index is 835. The van der Waals surface area contributed by atoms with E-state index in [1.807, 2.05) is 48.9 Å². The molecule has 0 unspecified atom stereocenters. The second-order valence-corrected chi connectivity index (χ2v) is 6.22. The Kier molecular flexibility index (Phi) is 6.17. The van der Waals surface area contributed by atoms with Crippen molar-refractivity contribution in [1.29, 1.82) is 5.41 Å². The molecule has 1 aromatic carbocycles. The molecule has 3 N–H and O–H groups in total. The van der Waals surface area contributed by atoms with E-state index in [2.05, 4.69) is 12.2 Å². The van der Waals surface area contributed by atoms with Crippen molar-refractivity contribution in [3.05, 3.63) is 64.2 Å². The highest BCUT2D eigenvalue weighted by Gasteiger charge is 2.11. The second kappa shape index (κ2) is 8.33. The Morgan fingerprint density at radius 1 is 1.36 bits per heavy atom. The van der Waals surface area contributed by atoms with Crippen LogP contribution in [0.3, 0.4) is 0 Å². The Hall–Kier alpha value is -2.82. The molecule has 1 heterocycles. The minimum Gasteiger partial charge on any atom is -0.503 e. The Morgan fingerprint density at radius 2 is 2.12 bits per heavy atom. The van der Waals surface area contributed by atoms with Gasteiger partial charge in [0.25, 0.3) is 0 Å². The molecular weight excluding hydrogens is 314 g/mol. The third-order valence-electron chi connectivity index (χ3n) is 3.92. The van der Waals surface area contributed by atoms with E-state index in [4.69, 9.17) is 5.41 Å². The summed E-state index contributed by atoms with van der Waals surface area (Å²) in [6.07, 6.45) is 5.62. The Labute approximate surface area is 148 Å². The number of aromatic hydroxyl groups is 1. The second-order valence-electron chi connectivity index (χ2n) is 6.22. The van der Waals surface area contributed by atoms with Crippen molar-refractivity contribution in [2.24, 2.45) is 0 Å². The first-order chi connectivity index (χ1) is 12.0. The van der Waals surface area contributed by atoms with Crippen LogP contribution >= 0.6 is 0 Å². The van der Waals surface area contributed by atoms with Gasteiger partial charge in [-0.1, -0.05) is 32.9 Å². The fourth-order valence-corrected chi connectivity index (χ4v) is 2.58. The summed E-state index contributed by atoms with van der Waals surface area (Å²) in [7, 11) is 0. The van der Waals surface area contributed by atoms with Gasteiger partial charge in [0.05, 0.1) is 6.20 Å². The fraction of sp³-hybridized carbons (Fsp3) is 0.300. The van der Waals surface area contributed by atoms with E-state index in [-0.39, 0.29) is 17.1 Å². The van der Waals surface area contributed by atoms with Crippen molar-refractivity contribution in [1.82, 2.24) is 9.88 Å². The van der Waals surface area contributed by atoms with Gasteiger partial charge in [0.1, 0.15) is 0 Å². The number of nitrogens with one attached hydrogen (secondary N) is 2. The molecule has 5 nitrogen and oxygen atoms in total. The maximum absolute atomic E-state index is 11.8. The average molecular weight is 339 g/mol. The molecule has 0 aliphatic carbocycles. The topological polar surface area (TPSA) is 78.1 Å². The number of aromatic nitrogens is 1. The molecule has 0 bridgehead atoms. The van der Waals surface area contributed by atoms with Crippen molar-refractivity contribution in [3.8, 4) is 11.4 Å². The number of allylic oxidation sites excluding steroid dienone is 1. The summed E-state index contributed by atoms with van der Waals surface area (Å²) in [5, 5.41) is 20.7. The van der Waals surface area contributed by atoms with E-state index in [9.17, 15) is 9.90 Å². The Morgan fingerprint density at radius 3 is 2.76 bits per heavy atom. The lowest BCUT2D eigenvalue weighted by atomic mass is 10.1. The van der Waals surface area contributed by atoms with Gasteiger partial charge in [-0.25, -0.2) is 0 Å². The Balaban J connectivity index is 2.52. The SMILES string of the molecule is CCCN/C=C(\C=N)c1cccc(-n2cc(O)c(=O)cc2C(C)C)c1. The lowest BCUT2D eigenvalue weighted by Crippen LogP contribution is -2.12. The smallest absolute Gasteiger partial charge is 0.223 e. The number of hydrogen-bond acceptors (Lipinski definition) is 4. The maximum atomic E-state index is 11.8. The molecule has 2 aromatic rings. The van der Waals surface area contributed by atoms with E-state index in [1.165, 1.54) is 18.5 Å². The van der Waals surface area contributed by atoms with Gasteiger partial charge in [-0.15, -0.1) is 0 Å². The summed E-state index contributed by atoms with van der Waals surface area (Å²) in [6, 6.07) is 9.18. The normalized spacial score (nSPS) is 11.6. The standard InChI is InChI=1S/C20H25N3O2/c1-4-8-22-12-16(11-21)15-6-5-7-17(9-15)23-13-20(25)19(24)10-18(23)14(2)3/h5-7,9-14,21-22,25H,4,8H2,1-3H3/b16-12+,21-11?. The zero-order valence-corrected chi connectivity index (χ0v) is 14.9. The van der Waals surface area contributed by atoms with Gasteiger partial charge in [-0.2, -0.15) is 0 Å². The molecule has 0 radical (unpaired) electrons. The van der Waals surface area contributed by atoms with Crippen LogP contribution in [0.2, 0.25) is 0 Å². The van der Waals surface area contributed by atoms with Crippen molar-refractivity contribution in [2.75, 3.05) is 6.54 Å². The monoisotopic (exact) mass is 339 g/mol. The van der Waals surface area contributed by atoms with Gasteiger partial charge in [0.15, 0.2) is 5.75 Å². The average Bonchev–Trinajstić information content (AvgIpc) is 2.60. The van der Waals surface area contributed by atoms with Crippen LogP contribution in [0.15, 0.2) is 47.5 Å². The van der Waals surface area contributed by atoms with Crippen LogP contribution in [0, 0.1) is 5.41 Å². The number of benzene rings is 1. The number of rotatable bonds is 7. The van der Waals surface area contributed by atoms with E-state index in [1.54, 1.807) is 0 Å². The largest absolute Gasteiger partial charge is 0.503 e. The van der Waals surface area contributed by atoms with Crippen LogP contribution in [0.4, 0.5) is 0 Å². The van der Waals surface area contributed by atoms with Crippen molar-refractivity contribution >= 4 is 11.8 Å². The molecule has 0 aliphatic rings. The molecule has 132 valence electrons. The summed E-state index contributed by atoms with van der Waals surface area (Å²) in [4.78, 5) is 11.8. The molecule has 25 heavy (non-hydrogen) atoms. The first-order valence-electron chi connectivity index (χ1n) is 8.48. The predicted octanol–water partition coefficient (Wildman–Crippen LogP) is 3.66. The molecule has 0 fully saturated rings. The van der Waals surface area contributed by atoms with Crippen molar-refractivity contribution in [2.45, 2.75) is 33.1 Å². The van der Waals surface area contributed by atoms with Gasteiger partial charge in [-0.05, 0) is 30.0 Å². The highest BCUT2D eigenvalue weighted by atomic mass is 16.3. The highest BCUT2D eigenvalue weighted by molar-refractivity contribution is 6.08. The molecule has 5 heteroatoms. The molecule has 0 amide bonds. The third-order valence-corrected chi connectivity index (χ3v) is 3.92. The molecule has 0 atom stereocenters. The summed E-state index contributed by atoms with van der Waals surface area (Å²) in [5.41, 5.74) is 2.94. The van der Waals surface area contributed by atoms with Crippen LogP contribution in [0.5, 0.6) is 5.75 Å². The number of nitrogens with zero attached hydrogens (tertiary/aromatic N) is 1. The summed E-state index contributed by atoms with van der Waals surface area (Å²) in [6.45, 7) is 6.94. The van der Waals surface area contributed by atoms with Gasteiger partial charge >= 0.3 is 0 Å². The van der Waals surface area contributed by atoms with Gasteiger partial charge in [0, 0.05) is 42.0 Å². The predicted molar refractivity (Wildman–Crippen MR) is 103 cm³/mol. The maximum Gasteiger partial charge on any atom is 0.223 e. The zero-order chi connectivity index (χ0) is 18.4. The first kappa shape index (κ1) is 18.5. The quantitative estimate of drug-likeness (QED) is 0.532. The number of hydrogen-bond donors (Lipinski definition) is 3. The van der Waals surface area contributed by atoms with Crippen LogP contribution in [-0.2, 0) is 0 Å². The fourth-order valence-electron chi connectivity index (χ4n) is 2.58. The van der Waals surface area contributed by atoms with Crippen LogP contribution in [0.25, 0.3) is 11.3 Å². The van der Waals surface area contributed by atoms with Crippen molar-refractivity contribution in [3.63, 3.8) is 0 Å². The summed E-state index contributed by atoms with van der Waals surface area (Å²) >= 11 is 0. The van der Waals surface area contributed by atoms with Gasteiger partial charge in [0.2, 0.25) is 5.43 Å². The zero-order valence-electron chi connectivity index (χ0n) is 14.9. The van der Waals surface area contributed by atoms with Crippen LogP contribution in [-0.4, -0.2) is 22.4 Å². The first-order valence-corrected chi connectivity index (χ1v) is 8.48. The summed E-state index contributed by atoms with van der Waals surface area (Å²) < 4.78 is 1.83. The van der Waals surface area contributed by atoms with Crippen LogP contribution < -0.4 is 10.7 Å². The molecule has 2 rings (SSSR count).